The molecule has 0 aromatic carbocycles. The maximum absolute atomic E-state index is 12.0. The van der Waals surface area contributed by atoms with Crippen LogP contribution in [0.3, 0.4) is 0 Å². The van der Waals surface area contributed by atoms with Gasteiger partial charge in [0.15, 0.2) is 0 Å². The van der Waals surface area contributed by atoms with Crippen molar-refractivity contribution in [1.29, 1.82) is 0 Å². The molecule has 3 heterocycles. The fourth-order valence-corrected chi connectivity index (χ4v) is 4.26. The molecule has 2 aromatic heterocycles. The molecular weight excluding hydrogens is 366 g/mol. The molecular formula is C14H20ClN7O2S. The summed E-state index contributed by atoms with van der Waals surface area (Å²) >= 11 is 5.92. The zero-order valence-corrected chi connectivity index (χ0v) is 15.6. The molecule has 2 aromatic rings. The van der Waals surface area contributed by atoms with Crippen molar-refractivity contribution in [3.05, 3.63) is 23.6 Å². The van der Waals surface area contributed by atoms with Crippen LogP contribution >= 0.6 is 11.6 Å². The summed E-state index contributed by atoms with van der Waals surface area (Å²) in [5.74, 6) is 0.530. The lowest BCUT2D eigenvalue weighted by atomic mass is 10.2. The quantitative estimate of drug-likeness (QED) is 0.817. The van der Waals surface area contributed by atoms with Crippen LogP contribution in [0.4, 0.5) is 17.5 Å². The summed E-state index contributed by atoms with van der Waals surface area (Å²) in [5.41, 5.74) is 6.56. The molecule has 3 rings (SSSR count). The predicted octanol–water partition coefficient (Wildman–Crippen LogP) is 1.01. The van der Waals surface area contributed by atoms with Gasteiger partial charge in [0.1, 0.15) is 10.8 Å². The molecule has 1 saturated heterocycles. The Hall–Kier alpha value is -1.91. The molecule has 0 spiro atoms. The van der Waals surface area contributed by atoms with Crippen LogP contribution in [-0.4, -0.2) is 57.9 Å². The van der Waals surface area contributed by atoms with Crippen molar-refractivity contribution in [3.8, 4) is 0 Å². The molecule has 9 nitrogen and oxygen atoms in total. The Bertz CT molecular complexity index is 870. The molecule has 0 saturated carbocycles. The second-order valence-corrected chi connectivity index (χ2v) is 8.40. The van der Waals surface area contributed by atoms with Crippen LogP contribution in [0, 0.1) is 0 Å². The minimum absolute atomic E-state index is 0.171. The average Bonchev–Trinajstić information content (AvgIpc) is 3.16. The van der Waals surface area contributed by atoms with Gasteiger partial charge in [-0.05, 0) is 12.8 Å². The van der Waals surface area contributed by atoms with Gasteiger partial charge in [0.05, 0.1) is 24.3 Å². The largest absolute Gasteiger partial charge is 0.382 e. The van der Waals surface area contributed by atoms with Crippen molar-refractivity contribution in [2.75, 3.05) is 30.0 Å². The minimum atomic E-state index is -3.27. The highest BCUT2D eigenvalue weighted by Crippen LogP contribution is 2.28. The molecule has 0 amide bonds. The van der Waals surface area contributed by atoms with Gasteiger partial charge in [0.2, 0.25) is 16.0 Å². The molecule has 1 aliphatic rings. The lowest BCUT2D eigenvalue weighted by molar-refractivity contribution is 0.394. The van der Waals surface area contributed by atoms with Crippen LogP contribution in [0.2, 0.25) is 5.02 Å². The molecule has 11 heteroatoms. The number of anilines is 3. The highest BCUT2D eigenvalue weighted by molar-refractivity contribution is 7.88. The van der Waals surface area contributed by atoms with Gasteiger partial charge >= 0.3 is 0 Å². The number of hydrogen-bond acceptors (Lipinski definition) is 7. The molecule has 0 radical (unpaired) electrons. The average molecular weight is 386 g/mol. The van der Waals surface area contributed by atoms with E-state index in [2.05, 4.69) is 15.1 Å². The summed E-state index contributed by atoms with van der Waals surface area (Å²) in [5, 5.41) is 4.45. The van der Waals surface area contributed by atoms with Crippen molar-refractivity contribution >= 4 is 39.1 Å². The van der Waals surface area contributed by atoms with E-state index in [1.165, 1.54) is 16.8 Å². The van der Waals surface area contributed by atoms with Crippen molar-refractivity contribution in [1.82, 2.24) is 24.1 Å². The number of aryl methyl sites for hydroxylation is 1. The summed E-state index contributed by atoms with van der Waals surface area (Å²) < 4.78 is 27.2. The molecule has 0 unspecified atom stereocenters. The highest BCUT2D eigenvalue weighted by Gasteiger charge is 2.33. The molecule has 0 aliphatic carbocycles. The Kier molecular flexibility index (Phi) is 4.85. The van der Waals surface area contributed by atoms with E-state index in [9.17, 15) is 8.42 Å². The molecule has 0 bridgehead atoms. The number of nitrogen functional groups attached to an aromatic ring is 1. The Balaban J connectivity index is 1.96. The third-order valence-electron chi connectivity index (χ3n) is 4.15. The van der Waals surface area contributed by atoms with Gasteiger partial charge in [0, 0.05) is 32.4 Å². The van der Waals surface area contributed by atoms with Gasteiger partial charge in [0.25, 0.3) is 0 Å². The van der Waals surface area contributed by atoms with Gasteiger partial charge in [-0.2, -0.15) is 14.4 Å². The fourth-order valence-electron chi connectivity index (χ4n) is 2.99. The van der Waals surface area contributed by atoms with Crippen LogP contribution in [0.1, 0.15) is 12.8 Å². The van der Waals surface area contributed by atoms with Gasteiger partial charge in [-0.15, -0.1) is 0 Å². The monoisotopic (exact) mass is 385 g/mol. The fraction of sp³-hybridized carbons (Fsp3) is 0.500. The van der Waals surface area contributed by atoms with E-state index in [0.29, 0.717) is 19.0 Å². The van der Waals surface area contributed by atoms with Crippen molar-refractivity contribution < 1.29 is 8.42 Å². The smallest absolute Gasteiger partial charge is 0.232 e. The third kappa shape index (κ3) is 3.86. The maximum Gasteiger partial charge on any atom is 0.232 e. The van der Waals surface area contributed by atoms with Gasteiger partial charge < -0.3 is 10.6 Å². The lowest BCUT2D eigenvalue weighted by Gasteiger charge is -2.29. The maximum atomic E-state index is 12.0. The molecule has 25 heavy (non-hydrogen) atoms. The predicted molar refractivity (Wildman–Crippen MR) is 96.2 cm³/mol. The lowest BCUT2D eigenvalue weighted by Crippen LogP contribution is -2.42. The molecule has 1 fully saturated rings. The molecule has 1 aliphatic heterocycles. The molecule has 136 valence electrons. The van der Waals surface area contributed by atoms with Gasteiger partial charge in [-0.3, -0.25) is 4.68 Å². The third-order valence-corrected chi connectivity index (χ3v) is 5.77. The summed E-state index contributed by atoms with van der Waals surface area (Å²) in [7, 11) is -1.47. The van der Waals surface area contributed by atoms with E-state index >= 15 is 0 Å². The number of nitrogens with two attached hydrogens (primary N) is 1. The van der Waals surface area contributed by atoms with Crippen LogP contribution in [-0.2, 0) is 17.1 Å². The van der Waals surface area contributed by atoms with Crippen LogP contribution in [0.15, 0.2) is 18.6 Å². The van der Waals surface area contributed by atoms with E-state index in [1.54, 1.807) is 17.9 Å². The first-order valence-electron chi connectivity index (χ1n) is 7.76. The first-order chi connectivity index (χ1) is 11.8. The van der Waals surface area contributed by atoms with Crippen LogP contribution in [0.5, 0.6) is 0 Å². The molecule has 1 atom stereocenters. The van der Waals surface area contributed by atoms with Gasteiger partial charge in [-0.25, -0.2) is 13.4 Å². The Morgan fingerprint density at radius 1 is 1.44 bits per heavy atom. The van der Waals surface area contributed by atoms with Crippen molar-refractivity contribution in [2.45, 2.75) is 18.9 Å². The summed E-state index contributed by atoms with van der Waals surface area (Å²) in [6.45, 7) is 0.924. The number of halogens is 1. The zero-order chi connectivity index (χ0) is 18.2. The number of sulfonamides is 1. The number of hydrogen-bond donors (Lipinski definition) is 1. The first-order valence-corrected chi connectivity index (χ1v) is 9.99. The van der Waals surface area contributed by atoms with E-state index in [1.807, 2.05) is 11.1 Å². The second-order valence-electron chi connectivity index (χ2n) is 6.06. The number of nitrogens with zero attached hydrogens (tertiary/aromatic N) is 6. The van der Waals surface area contributed by atoms with Crippen molar-refractivity contribution in [3.63, 3.8) is 0 Å². The van der Waals surface area contributed by atoms with E-state index in [-0.39, 0.29) is 16.9 Å². The van der Waals surface area contributed by atoms with E-state index in [0.717, 1.165) is 18.5 Å². The Morgan fingerprint density at radius 2 is 2.20 bits per heavy atom. The normalized spacial score (nSPS) is 18.6. The summed E-state index contributed by atoms with van der Waals surface area (Å²) in [4.78, 5) is 10.3. The minimum Gasteiger partial charge on any atom is -0.382 e. The van der Waals surface area contributed by atoms with E-state index in [4.69, 9.17) is 17.3 Å². The first kappa shape index (κ1) is 17.9. The highest BCUT2D eigenvalue weighted by atomic mass is 35.5. The standard InChI is InChI=1S/C14H20ClN7O2S/c1-20-8-11(6-18-20)21(14-17-7-12(15)13(16)19-14)9-10-4-3-5-22(10)25(2,23)24/h6-8,10H,3-5,9H2,1-2H3,(H2,16,17,19)/t10-/m1/s1. The van der Waals surface area contributed by atoms with E-state index < -0.39 is 10.0 Å². The van der Waals surface area contributed by atoms with Crippen LogP contribution in [0.25, 0.3) is 0 Å². The number of rotatable bonds is 5. The second kappa shape index (κ2) is 6.77. The SMILES string of the molecule is Cn1cc(N(C[C@H]2CCCN2S(C)(=O)=O)c2ncc(Cl)c(N)n2)cn1. The Morgan fingerprint density at radius 3 is 2.80 bits per heavy atom. The number of aromatic nitrogens is 4. The van der Waals surface area contributed by atoms with Gasteiger partial charge in [-0.1, -0.05) is 11.6 Å². The molecule has 2 N–H and O–H groups in total. The zero-order valence-electron chi connectivity index (χ0n) is 14.0. The topological polar surface area (TPSA) is 110 Å². The van der Waals surface area contributed by atoms with Crippen LogP contribution < -0.4 is 10.6 Å². The Labute approximate surface area is 151 Å². The van der Waals surface area contributed by atoms with Crippen molar-refractivity contribution in [2.24, 2.45) is 7.05 Å². The summed E-state index contributed by atoms with van der Waals surface area (Å²) in [6, 6.07) is -0.171. The summed E-state index contributed by atoms with van der Waals surface area (Å²) in [6.07, 6.45) is 7.75.